The van der Waals surface area contributed by atoms with Crippen LogP contribution < -0.4 is 15.4 Å². The third kappa shape index (κ3) is 4.17. The number of carbonyl (C=O) groups is 1. The second-order valence-corrected chi connectivity index (χ2v) is 10.6. The van der Waals surface area contributed by atoms with Crippen molar-refractivity contribution in [1.82, 2.24) is 19.5 Å². The lowest BCUT2D eigenvalue weighted by Gasteiger charge is -2.39. The molecule has 4 heterocycles. The topological polar surface area (TPSA) is 74.0 Å². The number of fused-ring (bicyclic) bond motifs is 2. The zero-order valence-electron chi connectivity index (χ0n) is 19.7. The van der Waals surface area contributed by atoms with Gasteiger partial charge in [-0.15, -0.1) is 5.10 Å². The predicted octanol–water partition coefficient (Wildman–Crippen LogP) is 2.73. The summed E-state index contributed by atoms with van der Waals surface area (Å²) in [7, 11) is 0. The summed E-state index contributed by atoms with van der Waals surface area (Å²) in [6.45, 7) is 3.85. The van der Waals surface area contributed by atoms with E-state index in [0.717, 1.165) is 61.5 Å². The molecule has 10 heteroatoms. The molecule has 2 aromatic heterocycles. The van der Waals surface area contributed by atoms with Crippen molar-refractivity contribution in [1.29, 1.82) is 0 Å². The highest BCUT2D eigenvalue weighted by molar-refractivity contribution is 7.20. The molecule has 1 aliphatic carbocycles. The van der Waals surface area contributed by atoms with Crippen molar-refractivity contribution < 1.29 is 9.18 Å². The van der Waals surface area contributed by atoms with Gasteiger partial charge >= 0.3 is 0 Å². The van der Waals surface area contributed by atoms with Gasteiger partial charge in [-0.25, -0.2) is 9.37 Å². The summed E-state index contributed by atoms with van der Waals surface area (Å²) in [6, 6.07) is 6.80. The van der Waals surface area contributed by atoms with Gasteiger partial charge in [-0.2, -0.15) is 4.52 Å². The van der Waals surface area contributed by atoms with Crippen molar-refractivity contribution in [2.75, 3.05) is 49.1 Å². The Kier molecular flexibility index (Phi) is 5.91. The smallest absolute Gasteiger partial charge is 0.278 e. The predicted molar refractivity (Wildman–Crippen MR) is 134 cm³/mol. The largest absolute Gasteiger partial charge is 0.366 e. The van der Waals surface area contributed by atoms with E-state index in [-0.39, 0.29) is 23.2 Å². The lowest BCUT2D eigenvalue weighted by molar-refractivity contribution is -0.136. The van der Waals surface area contributed by atoms with E-state index in [4.69, 9.17) is 4.98 Å². The molecule has 8 nitrogen and oxygen atoms in total. The number of hydrogen-bond acceptors (Lipinski definition) is 7. The summed E-state index contributed by atoms with van der Waals surface area (Å²) in [5.41, 5.74) is 2.30. The summed E-state index contributed by atoms with van der Waals surface area (Å²) in [6.07, 6.45) is 5.49. The maximum Gasteiger partial charge on any atom is 0.278 e. The van der Waals surface area contributed by atoms with Crippen LogP contribution in [0.25, 0.3) is 4.96 Å². The van der Waals surface area contributed by atoms with Gasteiger partial charge < -0.3 is 14.7 Å². The fraction of sp³-hybridized carbons (Fsp3) is 0.520. The number of piperazine rings is 1. The highest BCUT2D eigenvalue weighted by Gasteiger charge is 2.33. The number of carbonyl (C=O) groups excluding carboxylic acids is 1. The van der Waals surface area contributed by atoms with Crippen LogP contribution in [0.4, 0.5) is 15.2 Å². The van der Waals surface area contributed by atoms with Gasteiger partial charge in [0.15, 0.2) is 0 Å². The Hall–Kier alpha value is -3.01. The van der Waals surface area contributed by atoms with E-state index in [2.05, 4.69) is 10.00 Å². The number of aryl methyl sites for hydroxylation is 1. The molecule has 184 valence electrons. The summed E-state index contributed by atoms with van der Waals surface area (Å²) in [5.74, 6) is -0.163. The van der Waals surface area contributed by atoms with Crippen molar-refractivity contribution in [3.05, 3.63) is 51.7 Å². The van der Waals surface area contributed by atoms with Gasteiger partial charge in [0.1, 0.15) is 5.82 Å². The van der Waals surface area contributed by atoms with Crippen LogP contribution in [0.15, 0.2) is 29.1 Å². The van der Waals surface area contributed by atoms with E-state index >= 15 is 0 Å². The second kappa shape index (κ2) is 9.22. The van der Waals surface area contributed by atoms with E-state index in [0.29, 0.717) is 43.4 Å². The first kappa shape index (κ1) is 22.5. The quantitative estimate of drug-likeness (QED) is 0.555. The number of anilines is 2. The standard InChI is InChI=1S/C25H29FN6O2S/c26-19-8-2-4-10-21(19)29-12-14-30(15-13-29)22(33)17-6-5-11-31(16-17)25-28-32-23(34)18-7-1-3-9-20(18)27-24(32)35-25/h2,4,8,10,17H,1,3,5-7,9,11-16H2/t17-/m1/s1. The van der Waals surface area contributed by atoms with Crippen molar-refractivity contribution in [2.45, 2.75) is 38.5 Å². The van der Waals surface area contributed by atoms with E-state index in [9.17, 15) is 14.0 Å². The number of nitrogens with zero attached hydrogens (tertiary/aromatic N) is 6. The molecule has 0 bridgehead atoms. The molecular formula is C25H29FN6O2S. The van der Waals surface area contributed by atoms with E-state index in [1.165, 1.54) is 21.9 Å². The monoisotopic (exact) mass is 496 g/mol. The summed E-state index contributed by atoms with van der Waals surface area (Å²) < 4.78 is 15.6. The van der Waals surface area contributed by atoms with E-state index < -0.39 is 0 Å². The number of benzene rings is 1. The van der Waals surface area contributed by atoms with Crippen LogP contribution in [0.2, 0.25) is 0 Å². The zero-order valence-corrected chi connectivity index (χ0v) is 20.5. The van der Waals surface area contributed by atoms with Gasteiger partial charge in [0.2, 0.25) is 16.0 Å². The molecule has 2 saturated heterocycles. The number of hydrogen-bond donors (Lipinski definition) is 0. The van der Waals surface area contributed by atoms with Crippen molar-refractivity contribution in [3.63, 3.8) is 0 Å². The summed E-state index contributed by atoms with van der Waals surface area (Å²) >= 11 is 1.44. The number of rotatable bonds is 3. The number of para-hydroxylation sites is 1. The Morgan fingerprint density at radius 2 is 1.80 bits per heavy atom. The maximum absolute atomic E-state index is 14.2. The number of halogens is 1. The molecular weight excluding hydrogens is 467 g/mol. The van der Waals surface area contributed by atoms with E-state index in [1.807, 2.05) is 15.9 Å². The molecule has 0 saturated carbocycles. The van der Waals surface area contributed by atoms with Crippen LogP contribution in [0, 0.1) is 11.7 Å². The Bertz CT molecular complexity index is 1320. The van der Waals surface area contributed by atoms with Crippen LogP contribution >= 0.6 is 11.3 Å². The van der Waals surface area contributed by atoms with Gasteiger partial charge in [0, 0.05) is 44.8 Å². The van der Waals surface area contributed by atoms with Crippen molar-refractivity contribution >= 4 is 33.0 Å². The molecule has 6 rings (SSSR count). The SMILES string of the molecule is O=C([C@@H]1CCCN(c2nn3c(=O)c4c(nc3s2)CCCC4)C1)N1CCN(c2ccccc2F)CC1. The highest BCUT2D eigenvalue weighted by Crippen LogP contribution is 2.29. The molecule has 2 aliphatic heterocycles. The Morgan fingerprint density at radius 1 is 1.00 bits per heavy atom. The minimum absolute atomic E-state index is 0.0374. The lowest BCUT2D eigenvalue weighted by Crippen LogP contribution is -2.52. The molecule has 0 N–H and O–H groups in total. The molecule has 2 fully saturated rings. The number of aromatic nitrogens is 3. The van der Waals surface area contributed by atoms with Gasteiger partial charge in [0.05, 0.1) is 17.3 Å². The average molecular weight is 497 g/mol. The van der Waals surface area contributed by atoms with Crippen LogP contribution in [-0.4, -0.2) is 64.7 Å². The number of amides is 1. The molecule has 1 aromatic carbocycles. The minimum atomic E-state index is -0.222. The first-order valence-corrected chi connectivity index (χ1v) is 13.3. The average Bonchev–Trinajstić information content (AvgIpc) is 3.34. The highest BCUT2D eigenvalue weighted by atomic mass is 32.1. The van der Waals surface area contributed by atoms with Gasteiger partial charge in [-0.3, -0.25) is 9.59 Å². The second-order valence-electron chi connectivity index (χ2n) is 9.68. The van der Waals surface area contributed by atoms with Gasteiger partial charge in [0.25, 0.3) is 5.56 Å². The molecule has 1 atom stereocenters. The summed E-state index contributed by atoms with van der Waals surface area (Å²) in [5, 5.41) is 5.38. The Labute approximate surface area is 207 Å². The van der Waals surface area contributed by atoms with Crippen LogP contribution in [0.3, 0.4) is 0 Å². The molecule has 0 unspecified atom stereocenters. The normalized spacial score (nSPS) is 20.8. The van der Waals surface area contributed by atoms with Gasteiger partial charge in [-0.05, 0) is 50.7 Å². The van der Waals surface area contributed by atoms with Crippen molar-refractivity contribution in [3.8, 4) is 0 Å². The summed E-state index contributed by atoms with van der Waals surface area (Å²) in [4.78, 5) is 37.8. The third-order valence-corrected chi connectivity index (χ3v) is 8.46. The molecule has 0 spiro atoms. The van der Waals surface area contributed by atoms with Gasteiger partial charge in [-0.1, -0.05) is 23.5 Å². The molecule has 1 amide bonds. The van der Waals surface area contributed by atoms with Crippen LogP contribution in [-0.2, 0) is 17.6 Å². The fourth-order valence-corrected chi connectivity index (χ4v) is 6.52. The Morgan fingerprint density at radius 3 is 2.63 bits per heavy atom. The molecule has 35 heavy (non-hydrogen) atoms. The molecule has 3 aromatic rings. The Balaban J connectivity index is 1.14. The maximum atomic E-state index is 14.2. The lowest BCUT2D eigenvalue weighted by atomic mass is 9.96. The fourth-order valence-electron chi connectivity index (χ4n) is 5.58. The van der Waals surface area contributed by atoms with Crippen LogP contribution in [0.5, 0.6) is 0 Å². The number of piperidine rings is 1. The van der Waals surface area contributed by atoms with Crippen molar-refractivity contribution in [2.24, 2.45) is 5.92 Å². The first-order valence-electron chi connectivity index (χ1n) is 12.5. The third-order valence-electron chi connectivity index (χ3n) is 7.49. The molecule has 3 aliphatic rings. The minimum Gasteiger partial charge on any atom is -0.366 e. The van der Waals surface area contributed by atoms with Crippen LogP contribution in [0.1, 0.15) is 36.9 Å². The molecule has 0 radical (unpaired) electrons. The first-order chi connectivity index (χ1) is 17.1. The zero-order chi connectivity index (χ0) is 23.9. The van der Waals surface area contributed by atoms with E-state index in [1.54, 1.807) is 12.1 Å².